The van der Waals surface area contributed by atoms with E-state index in [-0.39, 0.29) is 17.6 Å². The Kier molecular flexibility index (Phi) is 9.32. The van der Waals surface area contributed by atoms with E-state index < -0.39 is 14.3 Å². The van der Waals surface area contributed by atoms with Crippen molar-refractivity contribution in [1.82, 2.24) is 0 Å². The molecule has 4 heteroatoms. The summed E-state index contributed by atoms with van der Waals surface area (Å²) in [7, 11) is -1.91. The number of fused-ring (bicyclic) bond motifs is 1. The molecule has 0 saturated carbocycles. The van der Waals surface area contributed by atoms with Gasteiger partial charge in [-0.2, -0.15) is 0 Å². The minimum atomic E-state index is -1.91. The Bertz CT molecular complexity index is 851. The highest BCUT2D eigenvalue weighted by Gasteiger charge is 2.39. The maximum absolute atomic E-state index is 11.1. The lowest BCUT2D eigenvalue weighted by atomic mass is 9.98. The topological polar surface area (TPSA) is 46.5 Å². The first kappa shape index (κ1) is 25.6. The highest BCUT2D eigenvalue weighted by molar-refractivity contribution is 6.74. The Morgan fingerprint density at radius 2 is 1.61 bits per heavy atom. The first-order valence-corrected chi connectivity index (χ1v) is 14.9. The average molecular weight is 443 g/mol. The number of carbonyl (C=O) groups is 1. The highest BCUT2D eigenvalue weighted by Crippen LogP contribution is 2.41. The molecule has 0 heterocycles. The average Bonchev–Trinajstić information content (AvgIpc) is 2.67. The molecule has 1 N–H and O–H groups in total. The maximum Gasteiger partial charge on any atom is 0.307 e. The molecule has 172 valence electrons. The third kappa shape index (κ3) is 7.76. The van der Waals surface area contributed by atoms with Crippen LogP contribution in [0.1, 0.15) is 89.9 Å². The number of carboxylic acid groups (broad SMARTS) is 1. The molecule has 3 nitrogen and oxygen atoms in total. The number of unbranched alkanes of at least 4 members (excludes halogenated alkanes) is 5. The van der Waals surface area contributed by atoms with Crippen LogP contribution in [0.4, 0.5) is 0 Å². The van der Waals surface area contributed by atoms with Gasteiger partial charge in [0, 0.05) is 0 Å². The maximum atomic E-state index is 11.1. The van der Waals surface area contributed by atoms with Gasteiger partial charge in [0.2, 0.25) is 0 Å². The molecule has 0 fully saturated rings. The van der Waals surface area contributed by atoms with Gasteiger partial charge in [-0.15, -0.1) is 0 Å². The quantitative estimate of drug-likeness (QED) is 0.266. The number of rotatable bonds is 12. The monoisotopic (exact) mass is 442 g/mol. The standard InChI is InChI=1S/C27H42O3Si/c1-7-8-9-10-11-12-13-25(30-31(5,6)27(2,3)4)23-17-16-22-15-14-21(19-26(28)29)18-24(22)20-23/h14-18,20,25H,7-13,19H2,1-6H3,(H,28,29). The molecule has 0 amide bonds. The minimum Gasteiger partial charge on any atom is -0.481 e. The Labute approximate surface area is 190 Å². The number of benzene rings is 2. The van der Waals surface area contributed by atoms with Crippen molar-refractivity contribution in [2.24, 2.45) is 0 Å². The minimum absolute atomic E-state index is 0.0574. The summed E-state index contributed by atoms with van der Waals surface area (Å²) < 4.78 is 6.90. The SMILES string of the molecule is CCCCCCCCC(O[Si](C)(C)C(C)(C)C)c1ccc2ccc(CC(=O)O)cc2c1. The van der Waals surface area contributed by atoms with Crippen molar-refractivity contribution in [1.29, 1.82) is 0 Å². The summed E-state index contributed by atoms with van der Waals surface area (Å²) in [6, 6.07) is 12.5. The molecule has 0 spiro atoms. The van der Waals surface area contributed by atoms with Gasteiger partial charge in [-0.3, -0.25) is 4.79 Å². The van der Waals surface area contributed by atoms with Crippen LogP contribution in [0.25, 0.3) is 10.8 Å². The van der Waals surface area contributed by atoms with Crippen LogP contribution in [0.15, 0.2) is 36.4 Å². The van der Waals surface area contributed by atoms with Gasteiger partial charge >= 0.3 is 5.97 Å². The summed E-state index contributed by atoms with van der Waals surface area (Å²) in [6.07, 6.45) is 8.86. The zero-order chi connectivity index (χ0) is 23.1. The van der Waals surface area contributed by atoms with E-state index in [0.29, 0.717) is 0 Å². The van der Waals surface area contributed by atoms with Crippen LogP contribution in [-0.2, 0) is 15.6 Å². The molecule has 0 aliphatic carbocycles. The van der Waals surface area contributed by atoms with Gasteiger partial charge < -0.3 is 9.53 Å². The smallest absolute Gasteiger partial charge is 0.307 e. The summed E-state index contributed by atoms with van der Waals surface area (Å²) in [5, 5.41) is 11.6. The highest BCUT2D eigenvalue weighted by atomic mass is 28.4. The van der Waals surface area contributed by atoms with E-state index in [1.165, 1.54) is 44.1 Å². The summed E-state index contributed by atoms with van der Waals surface area (Å²) in [4.78, 5) is 11.1. The summed E-state index contributed by atoms with van der Waals surface area (Å²) in [6.45, 7) is 13.8. The van der Waals surface area contributed by atoms with Crippen molar-refractivity contribution < 1.29 is 14.3 Å². The third-order valence-corrected chi connectivity index (χ3v) is 11.2. The zero-order valence-corrected chi connectivity index (χ0v) is 21.5. The van der Waals surface area contributed by atoms with E-state index in [2.05, 4.69) is 59.0 Å². The predicted molar refractivity (Wildman–Crippen MR) is 134 cm³/mol. The van der Waals surface area contributed by atoms with Gasteiger partial charge in [-0.1, -0.05) is 96.6 Å². The number of hydrogen-bond acceptors (Lipinski definition) is 2. The van der Waals surface area contributed by atoms with E-state index in [1.807, 2.05) is 18.2 Å². The number of aliphatic carboxylic acids is 1. The summed E-state index contributed by atoms with van der Waals surface area (Å²) >= 11 is 0. The second-order valence-electron chi connectivity index (χ2n) is 10.4. The lowest BCUT2D eigenvalue weighted by Crippen LogP contribution is -2.41. The first-order chi connectivity index (χ1) is 14.5. The fourth-order valence-electron chi connectivity index (χ4n) is 3.74. The van der Waals surface area contributed by atoms with E-state index >= 15 is 0 Å². The van der Waals surface area contributed by atoms with E-state index in [9.17, 15) is 4.79 Å². The van der Waals surface area contributed by atoms with Crippen molar-refractivity contribution in [2.45, 2.75) is 103 Å². The van der Waals surface area contributed by atoms with Gasteiger partial charge in [-0.05, 0) is 52.5 Å². The molecular weight excluding hydrogens is 400 g/mol. The fourth-order valence-corrected chi connectivity index (χ4v) is 5.05. The summed E-state index contributed by atoms with van der Waals surface area (Å²) in [5.41, 5.74) is 2.06. The Balaban J connectivity index is 2.25. The normalized spacial score (nSPS) is 13.5. The molecule has 0 radical (unpaired) electrons. The Morgan fingerprint density at radius 3 is 2.26 bits per heavy atom. The van der Waals surface area contributed by atoms with Crippen LogP contribution in [0.2, 0.25) is 18.1 Å². The molecule has 2 aromatic rings. The first-order valence-electron chi connectivity index (χ1n) is 12.0. The largest absolute Gasteiger partial charge is 0.481 e. The van der Waals surface area contributed by atoms with Crippen molar-refractivity contribution in [2.75, 3.05) is 0 Å². The summed E-state index contributed by atoms with van der Waals surface area (Å²) in [5.74, 6) is -0.794. The van der Waals surface area contributed by atoms with Gasteiger partial charge in [0.15, 0.2) is 8.32 Å². The molecule has 0 bridgehead atoms. The second kappa shape index (κ2) is 11.3. The third-order valence-electron chi connectivity index (χ3n) is 6.72. The molecule has 0 aliphatic heterocycles. The van der Waals surface area contributed by atoms with Crippen molar-refractivity contribution >= 4 is 25.1 Å². The molecular formula is C27H42O3Si. The Hall–Kier alpha value is -1.65. The van der Waals surface area contributed by atoms with Crippen LogP contribution in [-0.4, -0.2) is 19.4 Å². The molecule has 0 aliphatic rings. The van der Waals surface area contributed by atoms with Gasteiger partial charge in [0.25, 0.3) is 0 Å². The van der Waals surface area contributed by atoms with Crippen molar-refractivity contribution in [3.63, 3.8) is 0 Å². The van der Waals surface area contributed by atoms with Gasteiger partial charge in [0.1, 0.15) is 0 Å². The lowest BCUT2D eigenvalue weighted by molar-refractivity contribution is -0.136. The number of carboxylic acids is 1. The number of hydrogen-bond donors (Lipinski definition) is 1. The predicted octanol–water partition coefficient (Wildman–Crippen LogP) is 8.28. The van der Waals surface area contributed by atoms with Crippen LogP contribution in [0.3, 0.4) is 0 Å². The lowest BCUT2D eigenvalue weighted by Gasteiger charge is -2.39. The molecule has 0 aromatic heterocycles. The van der Waals surface area contributed by atoms with E-state index in [1.54, 1.807) is 0 Å². The van der Waals surface area contributed by atoms with Crippen LogP contribution >= 0.6 is 0 Å². The molecule has 1 unspecified atom stereocenters. The molecule has 31 heavy (non-hydrogen) atoms. The molecule has 2 aromatic carbocycles. The van der Waals surface area contributed by atoms with Crippen molar-refractivity contribution in [3.8, 4) is 0 Å². The zero-order valence-electron chi connectivity index (χ0n) is 20.5. The molecule has 2 rings (SSSR count). The second-order valence-corrected chi connectivity index (χ2v) is 15.2. The van der Waals surface area contributed by atoms with Crippen LogP contribution in [0, 0.1) is 0 Å². The van der Waals surface area contributed by atoms with E-state index in [0.717, 1.165) is 22.8 Å². The van der Waals surface area contributed by atoms with E-state index in [4.69, 9.17) is 9.53 Å². The van der Waals surface area contributed by atoms with Gasteiger partial charge in [-0.25, -0.2) is 0 Å². The Morgan fingerprint density at radius 1 is 0.968 bits per heavy atom. The van der Waals surface area contributed by atoms with Crippen LogP contribution < -0.4 is 0 Å². The molecule has 0 saturated heterocycles. The molecule has 1 atom stereocenters. The van der Waals surface area contributed by atoms with Gasteiger partial charge in [0.05, 0.1) is 12.5 Å². The fraction of sp³-hybridized carbons (Fsp3) is 0.593. The van der Waals surface area contributed by atoms with Crippen molar-refractivity contribution in [3.05, 3.63) is 47.5 Å². The van der Waals surface area contributed by atoms with Crippen LogP contribution in [0.5, 0.6) is 0 Å².